The van der Waals surface area contributed by atoms with Gasteiger partial charge in [-0.2, -0.15) is 0 Å². The van der Waals surface area contributed by atoms with Crippen molar-refractivity contribution in [1.29, 1.82) is 0 Å². The number of fused-ring (bicyclic) bond motifs is 1. The molecule has 0 atom stereocenters. The van der Waals surface area contributed by atoms with Gasteiger partial charge in [-0.1, -0.05) is 18.2 Å². The lowest BCUT2D eigenvalue weighted by Gasteiger charge is -2.16. The molecule has 0 radical (unpaired) electrons. The molecule has 1 heterocycles. The van der Waals surface area contributed by atoms with Gasteiger partial charge in [0.25, 0.3) is 0 Å². The molecule has 3 aromatic rings. The summed E-state index contributed by atoms with van der Waals surface area (Å²) in [6.45, 7) is 9.13. The fourth-order valence-corrected chi connectivity index (χ4v) is 4.31. The zero-order chi connectivity index (χ0) is 16.6. The number of rotatable bonds is 4. The van der Waals surface area contributed by atoms with Crippen molar-refractivity contribution in [3.63, 3.8) is 0 Å². The third kappa shape index (κ3) is 3.05. The monoisotopic (exact) mass is 326 g/mol. The predicted molar refractivity (Wildman–Crippen MR) is 98.0 cm³/mol. The van der Waals surface area contributed by atoms with Gasteiger partial charge >= 0.3 is 0 Å². The largest absolute Gasteiger partial charge is 0.240 e. The molecule has 23 heavy (non-hydrogen) atoms. The Morgan fingerprint density at radius 1 is 0.957 bits per heavy atom. The van der Waals surface area contributed by atoms with Crippen LogP contribution < -0.4 is 0 Å². The lowest BCUT2D eigenvalue weighted by Crippen LogP contribution is -2.00. The minimum atomic E-state index is 0.459. The molecule has 0 saturated heterocycles. The standard InChI is InChI=1S/C20H22O2S/c1-12-6-7-16-10-19(23-18(16)8-12)20-15(4)14(3)13(2)9-17(20)11-22-21-5/h6-10H,11H2,1-5H3. The molecule has 120 valence electrons. The molecule has 0 N–H and O–H groups in total. The molecule has 0 spiro atoms. The van der Waals surface area contributed by atoms with E-state index >= 15 is 0 Å². The Hall–Kier alpha value is -1.68. The van der Waals surface area contributed by atoms with E-state index < -0.39 is 0 Å². The fraction of sp³-hybridized carbons (Fsp3) is 0.300. The summed E-state index contributed by atoms with van der Waals surface area (Å²) in [6, 6.07) is 11.1. The first kappa shape index (κ1) is 16.2. The van der Waals surface area contributed by atoms with Crippen LogP contribution in [0.15, 0.2) is 30.3 Å². The molecule has 0 aliphatic carbocycles. The van der Waals surface area contributed by atoms with Gasteiger partial charge in [0.05, 0.1) is 7.11 Å². The number of aryl methyl sites for hydroxylation is 2. The summed E-state index contributed by atoms with van der Waals surface area (Å²) in [7, 11) is 1.55. The average Bonchev–Trinajstić information content (AvgIpc) is 2.92. The highest BCUT2D eigenvalue weighted by atomic mass is 32.1. The molecule has 0 saturated carbocycles. The van der Waals surface area contributed by atoms with Crippen molar-refractivity contribution in [2.75, 3.05) is 7.11 Å². The summed E-state index contributed by atoms with van der Waals surface area (Å²) >= 11 is 1.84. The Labute approximate surface area is 141 Å². The highest BCUT2D eigenvalue weighted by Gasteiger charge is 2.15. The van der Waals surface area contributed by atoms with E-state index in [-0.39, 0.29) is 0 Å². The van der Waals surface area contributed by atoms with Crippen molar-refractivity contribution in [2.45, 2.75) is 34.3 Å². The second-order valence-electron chi connectivity index (χ2n) is 6.06. The van der Waals surface area contributed by atoms with Crippen LogP contribution in [0.1, 0.15) is 27.8 Å². The van der Waals surface area contributed by atoms with Crippen LogP contribution in [0.4, 0.5) is 0 Å². The van der Waals surface area contributed by atoms with Gasteiger partial charge in [-0.05, 0) is 73.0 Å². The van der Waals surface area contributed by atoms with Crippen LogP contribution in [0.3, 0.4) is 0 Å². The lowest BCUT2D eigenvalue weighted by atomic mass is 9.93. The van der Waals surface area contributed by atoms with Crippen LogP contribution in [0.2, 0.25) is 0 Å². The second-order valence-corrected chi connectivity index (χ2v) is 7.14. The fourth-order valence-electron chi connectivity index (χ4n) is 3.01. The van der Waals surface area contributed by atoms with Crippen molar-refractivity contribution >= 4 is 21.4 Å². The minimum Gasteiger partial charge on any atom is -0.240 e. The summed E-state index contributed by atoms with van der Waals surface area (Å²) in [4.78, 5) is 11.3. The van der Waals surface area contributed by atoms with E-state index in [1.54, 1.807) is 7.11 Å². The maximum absolute atomic E-state index is 5.23. The van der Waals surface area contributed by atoms with Gasteiger partial charge in [0.1, 0.15) is 6.61 Å². The minimum absolute atomic E-state index is 0.459. The molecule has 0 aliphatic rings. The number of hydrogen-bond donors (Lipinski definition) is 0. The molecule has 0 aliphatic heterocycles. The molecule has 2 nitrogen and oxygen atoms in total. The average molecular weight is 326 g/mol. The van der Waals surface area contributed by atoms with Crippen molar-refractivity contribution in [2.24, 2.45) is 0 Å². The molecule has 3 heteroatoms. The molecule has 3 rings (SSSR count). The lowest BCUT2D eigenvalue weighted by molar-refractivity contribution is -0.282. The third-order valence-corrected chi connectivity index (χ3v) is 5.61. The summed E-state index contributed by atoms with van der Waals surface area (Å²) in [6.07, 6.45) is 0. The molecule has 0 unspecified atom stereocenters. The quantitative estimate of drug-likeness (QED) is 0.440. The number of thiophene rings is 1. The SMILES string of the molecule is COOCc1cc(C)c(C)c(C)c1-c1cc2ccc(C)cc2s1. The van der Waals surface area contributed by atoms with Gasteiger partial charge < -0.3 is 0 Å². The Kier molecular flexibility index (Phi) is 4.53. The predicted octanol–water partition coefficient (Wildman–Crippen LogP) is 5.88. The van der Waals surface area contributed by atoms with Crippen molar-refractivity contribution < 1.29 is 9.78 Å². The Morgan fingerprint density at radius 3 is 2.48 bits per heavy atom. The first-order valence-corrected chi connectivity index (χ1v) is 8.58. The van der Waals surface area contributed by atoms with Crippen LogP contribution in [-0.4, -0.2) is 7.11 Å². The van der Waals surface area contributed by atoms with Gasteiger partial charge in [-0.3, -0.25) is 0 Å². The topological polar surface area (TPSA) is 18.5 Å². The molecular formula is C20H22O2S. The summed E-state index contributed by atoms with van der Waals surface area (Å²) < 4.78 is 1.33. The highest BCUT2D eigenvalue weighted by molar-refractivity contribution is 7.22. The molecule has 0 fully saturated rings. The molecule has 0 amide bonds. The van der Waals surface area contributed by atoms with Gasteiger partial charge in [0.15, 0.2) is 0 Å². The van der Waals surface area contributed by atoms with Crippen LogP contribution in [0.5, 0.6) is 0 Å². The molecule has 1 aromatic heterocycles. The number of benzene rings is 2. The Balaban J connectivity index is 2.21. The third-order valence-electron chi connectivity index (χ3n) is 4.50. The van der Waals surface area contributed by atoms with E-state index in [1.807, 2.05) is 11.3 Å². The zero-order valence-corrected chi connectivity index (χ0v) is 15.1. The summed E-state index contributed by atoms with van der Waals surface area (Å²) in [5.74, 6) is 0. The smallest absolute Gasteiger partial charge is 0.108 e. The van der Waals surface area contributed by atoms with Crippen molar-refractivity contribution in [3.05, 3.63) is 58.1 Å². The van der Waals surface area contributed by atoms with Crippen LogP contribution in [-0.2, 0) is 16.4 Å². The van der Waals surface area contributed by atoms with Crippen LogP contribution in [0.25, 0.3) is 20.5 Å². The van der Waals surface area contributed by atoms with Gasteiger partial charge in [-0.15, -0.1) is 11.3 Å². The van der Waals surface area contributed by atoms with Crippen LogP contribution in [0, 0.1) is 27.7 Å². The maximum Gasteiger partial charge on any atom is 0.108 e. The van der Waals surface area contributed by atoms with E-state index in [0.29, 0.717) is 6.61 Å². The van der Waals surface area contributed by atoms with Crippen LogP contribution >= 0.6 is 11.3 Å². The van der Waals surface area contributed by atoms with E-state index in [2.05, 4.69) is 58.0 Å². The van der Waals surface area contributed by atoms with E-state index in [1.165, 1.54) is 48.3 Å². The van der Waals surface area contributed by atoms with E-state index in [0.717, 1.165) is 0 Å². The van der Waals surface area contributed by atoms with Gasteiger partial charge in [0.2, 0.25) is 0 Å². The molecule has 2 aromatic carbocycles. The Bertz CT molecular complexity index is 862. The highest BCUT2D eigenvalue weighted by Crippen LogP contribution is 2.39. The first-order chi connectivity index (χ1) is 11.0. The Morgan fingerprint density at radius 2 is 1.74 bits per heavy atom. The summed E-state index contributed by atoms with van der Waals surface area (Å²) in [5.41, 5.74) is 7.71. The van der Waals surface area contributed by atoms with Crippen molar-refractivity contribution in [3.8, 4) is 10.4 Å². The van der Waals surface area contributed by atoms with E-state index in [9.17, 15) is 0 Å². The normalized spacial score (nSPS) is 11.3. The molecule has 0 bridgehead atoms. The second kappa shape index (κ2) is 6.44. The maximum atomic E-state index is 5.23. The zero-order valence-electron chi connectivity index (χ0n) is 14.3. The van der Waals surface area contributed by atoms with Gasteiger partial charge in [-0.25, -0.2) is 9.78 Å². The van der Waals surface area contributed by atoms with Gasteiger partial charge in [0, 0.05) is 15.1 Å². The van der Waals surface area contributed by atoms with E-state index in [4.69, 9.17) is 9.78 Å². The van der Waals surface area contributed by atoms with Crippen molar-refractivity contribution in [1.82, 2.24) is 0 Å². The summed E-state index contributed by atoms with van der Waals surface area (Å²) in [5, 5.41) is 1.30. The first-order valence-electron chi connectivity index (χ1n) is 7.77. The molecular weight excluding hydrogens is 304 g/mol. The number of hydrogen-bond acceptors (Lipinski definition) is 3.